The maximum absolute atomic E-state index is 12.8. The van der Waals surface area contributed by atoms with Crippen LogP contribution in [-0.4, -0.2) is 26.5 Å². The number of nitrogens with one attached hydrogen (secondary N) is 1. The average Bonchev–Trinajstić information content (AvgIpc) is 3.02. The highest BCUT2D eigenvalue weighted by Crippen LogP contribution is 2.49. The molecule has 1 aromatic heterocycles. The number of aryl methyl sites for hydroxylation is 1. The Hall–Kier alpha value is -1.11. The van der Waals surface area contributed by atoms with E-state index in [2.05, 4.69) is 15.5 Å². The molecule has 1 saturated carbocycles. The summed E-state index contributed by atoms with van der Waals surface area (Å²) in [6.45, 7) is 0.963. The molecule has 1 N–H and O–H groups in total. The molecule has 7 heteroatoms. The maximum atomic E-state index is 12.8. The summed E-state index contributed by atoms with van der Waals surface area (Å²) in [5.41, 5.74) is -1.67. The zero-order chi connectivity index (χ0) is 12.8. The van der Waals surface area contributed by atoms with E-state index in [0.29, 0.717) is 5.82 Å². The van der Waals surface area contributed by atoms with Crippen LogP contribution in [0.15, 0.2) is 0 Å². The highest BCUT2D eigenvalue weighted by atomic mass is 19.4. The van der Waals surface area contributed by atoms with Gasteiger partial charge in [0, 0.05) is 13.0 Å². The van der Waals surface area contributed by atoms with E-state index in [-0.39, 0.29) is 19.4 Å². The second-order valence-electron chi connectivity index (χ2n) is 5.07. The third kappa shape index (κ3) is 1.90. The number of aromatic nitrogens is 3. The van der Waals surface area contributed by atoms with Gasteiger partial charge in [0.1, 0.15) is 17.2 Å². The van der Waals surface area contributed by atoms with Crippen molar-refractivity contribution in [3.05, 3.63) is 11.6 Å². The highest BCUT2D eigenvalue weighted by molar-refractivity contribution is 5.09. The van der Waals surface area contributed by atoms with Crippen molar-refractivity contribution < 1.29 is 13.2 Å². The van der Waals surface area contributed by atoms with Crippen molar-refractivity contribution >= 4 is 0 Å². The van der Waals surface area contributed by atoms with Gasteiger partial charge in [0.15, 0.2) is 0 Å². The summed E-state index contributed by atoms with van der Waals surface area (Å²) in [4.78, 5) is 0. The molecule has 0 spiro atoms. The van der Waals surface area contributed by atoms with Gasteiger partial charge in [-0.3, -0.25) is 5.32 Å². The molecule has 0 radical (unpaired) electrons. The molecule has 18 heavy (non-hydrogen) atoms. The minimum atomic E-state index is -4.17. The van der Waals surface area contributed by atoms with E-state index < -0.39 is 11.7 Å². The molecule has 0 bridgehead atoms. The molecule has 100 valence electrons. The Morgan fingerprint density at radius 2 is 2.00 bits per heavy atom. The fourth-order valence-corrected chi connectivity index (χ4v) is 2.43. The Morgan fingerprint density at radius 1 is 1.22 bits per heavy atom. The molecule has 1 aromatic rings. The third-order valence-corrected chi connectivity index (χ3v) is 3.81. The number of hydrogen-bond donors (Lipinski definition) is 1. The average molecular weight is 260 g/mol. The van der Waals surface area contributed by atoms with Crippen LogP contribution >= 0.6 is 0 Å². The van der Waals surface area contributed by atoms with Gasteiger partial charge in [0.2, 0.25) is 0 Å². The van der Waals surface area contributed by atoms with Crippen LogP contribution < -0.4 is 5.32 Å². The van der Waals surface area contributed by atoms with Gasteiger partial charge in [-0.25, -0.2) is 0 Å². The van der Waals surface area contributed by atoms with E-state index in [1.165, 1.54) is 0 Å². The summed E-state index contributed by atoms with van der Waals surface area (Å²) in [5, 5.41) is 10.6. The van der Waals surface area contributed by atoms with E-state index in [0.717, 1.165) is 31.6 Å². The normalized spacial score (nSPS) is 21.7. The molecule has 1 aliphatic carbocycles. The zero-order valence-electron chi connectivity index (χ0n) is 9.93. The summed E-state index contributed by atoms with van der Waals surface area (Å²) in [6, 6.07) is 0. The number of hydrogen-bond acceptors (Lipinski definition) is 3. The molecule has 0 unspecified atom stereocenters. The molecule has 1 aliphatic heterocycles. The minimum Gasteiger partial charge on any atom is -0.314 e. The van der Waals surface area contributed by atoms with Gasteiger partial charge in [-0.05, 0) is 25.7 Å². The molecule has 0 atom stereocenters. The molecule has 3 rings (SSSR count). The first-order valence-corrected chi connectivity index (χ1v) is 6.25. The lowest BCUT2D eigenvalue weighted by atomic mass is 10.1. The van der Waals surface area contributed by atoms with Crippen LogP contribution in [0.25, 0.3) is 0 Å². The molecular formula is C11H15F3N4. The monoisotopic (exact) mass is 260 g/mol. The largest absolute Gasteiger partial charge is 0.406 e. The van der Waals surface area contributed by atoms with Crippen LogP contribution in [0.2, 0.25) is 0 Å². The lowest BCUT2D eigenvalue weighted by Crippen LogP contribution is -2.44. The number of halogens is 3. The van der Waals surface area contributed by atoms with Gasteiger partial charge in [0.05, 0.1) is 6.54 Å². The van der Waals surface area contributed by atoms with Crippen LogP contribution in [0.5, 0.6) is 0 Å². The van der Waals surface area contributed by atoms with Crippen LogP contribution in [0.3, 0.4) is 0 Å². The standard InChI is InChI=1S/C11H15F3N4/c12-11(13,14)10(4-5-10)15-7-9-17-16-8-3-1-2-6-18(8)9/h15H,1-7H2. The van der Waals surface area contributed by atoms with Crippen molar-refractivity contribution in [3.8, 4) is 0 Å². The summed E-state index contributed by atoms with van der Waals surface area (Å²) >= 11 is 0. The highest BCUT2D eigenvalue weighted by Gasteiger charge is 2.63. The molecular weight excluding hydrogens is 245 g/mol. The smallest absolute Gasteiger partial charge is 0.314 e. The second kappa shape index (κ2) is 3.94. The van der Waals surface area contributed by atoms with Crippen LogP contribution in [0.4, 0.5) is 13.2 Å². The van der Waals surface area contributed by atoms with E-state index in [1.807, 2.05) is 4.57 Å². The first-order chi connectivity index (χ1) is 8.52. The molecule has 0 saturated heterocycles. The molecule has 4 nitrogen and oxygen atoms in total. The molecule has 2 aliphatic rings. The molecule has 2 heterocycles. The lowest BCUT2D eigenvalue weighted by molar-refractivity contribution is -0.166. The van der Waals surface area contributed by atoms with E-state index in [1.54, 1.807) is 0 Å². The molecule has 0 aromatic carbocycles. The SMILES string of the molecule is FC(F)(F)C1(NCc2nnc3n2CCCC3)CC1. The lowest BCUT2D eigenvalue weighted by Gasteiger charge is -2.21. The second-order valence-corrected chi connectivity index (χ2v) is 5.07. The first kappa shape index (κ1) is 12.0. The predicted molar refractivity (Wildman–Crippen MR) is 57.8 cm³/mol. The van der Waals surface area contributed by atoms with Gasteiger partial charge >= 0.3 is 6.18 Å². The Bertz CT molecular complexity index is 448. The van der Waals surface area contributed by atoms with Crippen molar-refractivity contribution in [2.45, 2.75) is 56.9 Å². The van der Waals surface area contributed by atoms with E-state index in [9.17, 15) is 13.2 Å². The Kier molecular flexibility index (Phi) is 2.62. The van der Waals surface area contributed by atoms with Crippen LogP contribution in [-0.2, 0) is 19.5 Å². The zero-order valence-corrected chi connectivity index (χ0v) is 9.93. The van der Waals surface area contributed by atoms with Crippen LogP contribution in [0.1, 0.15) is 37.3 Å². The number of nitrogens with zero attached hydrogens (tertiary/aromatic N) is 3. The summed E-state index contributed by atoms with van der Waals surface area (Å²) in [7, 11) is 0. The van der Waals surface area contributed by atoms with E-state index in [4.69, 9.17) is 0 Å². The van der Waals surface area contributed by atoms with Gasteiger partial charge in [-0.15, -0.1) is 10.2 Å². The van der Waals surface area contributed by atoms with Crippen molar-refractivity contribution in [1.82, 2.24) is 20.1 Å². The molecule has 1 fully saturated rings. The number of alkyl halides is 3. The van der Waals surface area contributed by atoms with Crippen molar-refractivity contribution in [2.75, 3.05) is 0 Å². The minimum absolute atomic E-state index is 0.145. The van der Waals surface area contributed by atoms with Gasteiger partial charge < -0.3 is 4.57 Å². The van der Waals surface area contributed by atoms with E-state index >= 15 is 0 Å². The Labute approximate surface area is 103 Å². The van der Waals surface area contributed by atoms with Gasteiger partial charge in [-0.1, -0.05) is 0 Å². The Balaban J connectivity index is 1.69. The third-order valence-electron chi connectivity index (χ3n) is 3.81. The molecule has 0 amide bonds. The number of rotatable bonds is 3. The van der Waals surface area contributed by atoms with Crippen molar-refractivity contribution in [2.24, 2.45) is 0 Å². The Morgan fingerprint density at radius 3 is 2.67 bits per heavy atom. The number of fused-ring (bicyclic) bond motifs is 1. The maximum Gasteiger partial charge on any atom is 0.406 e. The van der Waals surface area contributed by atoms with Crippen LogP contribution in [0, 0.1) is 0 Å². The summed E-state index contributed by atoms with van der Waals surface area (Å²) in [5.74, 6) is 1.52. The quantitative estimate of drug-likeness (QED) is 0.901. The predicted octanol–water partition coefficient (Wildman–Crippen LogP) is 1.80. The fourth-order valence-electron chi connectivity index (χ4n) is 2.43. The van der Waals surface area contributed by atoms with Crippen molar-refractivity contribution in [3.63, 3.8) is 0 Å². The first-order valence-electron chi connectivity index (χ1n) is 6.25. The summed E-state index contributed by atoms with van der Waals surface area (Å²) < 4.78 is 40.2. The topological polar surface area (TPSA) is 42.7 Å². The van der Waals surface area contributed by atoms with Gasteiger partial charge in [-0.2, -0.15) is 13.2 Å². The fraction of sp³-hybridized carbons (Fsp3) is 0.818. The van der Waals surface area contributed by atoms with Gasteiger partial charge in [0.25, 0.3) is 0 Å². The summed E-state index contributed by atoms with van der Waals surface area (Å²) in [6.07, 6.45) is -0.843. The van der Waals surface area contributed by atoms with Crippen molar-refractivity contribution in [1.29, 1.82) is 0 Å².